The average Bonchev–Trinajstić information content (AvgIpc) is 3.43. The number of fused-ring (bicyclic) bond motifs is 1. The molecular weight excluding hydrogens is 328 g/mol. The van der Waals surface area contributed by atoms with Crippen molar-refractivity contribution in [3.8, 4) is 0 Å². The van der Waals surface area contributed by atoms with Crippen LogP contribution in [-0.2, 0) is 5.54 Å². The molecular formula is C25H28N2. The van der Waals surface area contributed by atoms with E-state index < -0.39 is 6.64 Å². The molecule has 1 saturated carbocycles. The Balaban J connectivity index is 1.66. The second-order valence-corrected chi connectivity index (χ2v) is 8.12. The Kier molecular flexibility index (Phi) is 3.63. The molecule has 0 amide bonds. The third-order valence-electron chi connectivity index (χ3n) is 6.71. The number of hydrogen-bond acceptors (Lipinski definition) is 2. The van der Waals surface area contributed by atoms with Crippen molar-refractivity contribution < 1.29 is 1.37 Å². The minimum Gasteiger partial charge on any atom is -0.338 e. The normalized spacial score (nSPS) is 28.2. The second-order valence-electron chi connectivity index (χ2n) is 8.12. The number of aryl methyl sites for hydroxylation is 1. The first-order valence-electron chi connectivity index (χ1n) is 10.7. The van der Waals surface area contributed by atoms with Gasteiger partial charge < -0.3 is 9.80 Å². The van der Waals surface area contributed by atoms with Crippen LogP contribution in [0.1, 0.15) is 45.1 Å². The predicted molar refractivity (Wildman–Crippen MR) is 112 cm³/mol. The average molecular weight is 358 g/mol. The van der Waals surface area contributed by atoms with E-state index in [1.54, 1.807) is 0 Å². The van der Waals surface area contributed by atoms with Gasteiger partial charge in [0.05, 0.1) is 19.3 Å². The molecule has 1 aliphatic carbocycles. The maximum absolute atomic E-state index is 9.32. The molecule has 138 valence electrons. The molecule has 2 nitrogen and oxygen atoms in total. The van der Waals surface area contributed by atoms with Crippen LogP contribution < -0.4 is 4.90 Å². The number of hydrogen-bond donors (Lipinski definition) is 0. The van der Waals surface area contributed by atoms with Gasteiger partial charge in [-0.3, -0.25) is 0 Å². The van der Waals surface area contributed by atoms with Crippen LogP contribution in [0.2, 0.25) is 0 Å². The van der Waals surface area contributed by atoms with Crippen molar-refractivity contribution >= 4 is 5.69 Å². The molecule has 0 radical (unpaired) electrons. The maximum Gasteiger partial charge on any atom is 0.0961 e. The van der Waals surface area contributed by atoms with Crippen LogP contribution in [0.15, 0.2) is 78.1 Å². The smallest absolute Gasteiger partial charge is 0.0961 e. The summed E-state index contributed by atoms with van der Waals surface area (Å²) >= 11 is 0. The highest BCUT2D eigenvalue weighted by molar-refractivity contribution is 5.62. The van der Waals surface area contributed by atoms with Crippen molar-refractivity contribution in [2.24, 2.45) is 5.92 Å². The lowest BCUT2D eigenvalue weighted by Gasteiger charge is -2.44. The molecule has 2 heteroatoms. The van der Waals surface area contributed by atoms with E-state index in [2.05, 4.69) is 90.4 Å². The third kappa shape index (κ3) is 2.39. The molecule has 0 aromatic heterocycles. The second kappa shape index (κ2) is 6.30. The van der Waals surface area contributed by atoms with Gasteiger partial charge in [0, 0.05) is 11.4 Å². The maximum atomic E-state index is 9.32. The van der Waals surface area contributed by atoms with Crippen LogP contribution in [-0.4, -0.2) is 11.5 Å². The van der Waals surface area contributed by atoms with Crippen molar-refractivity contribution in [1.82, 2.24) is 4.90 Å². The lowest BCUT2D eigenvalue weighted by Crippen LogP contribution is -2.47. The number of rotatable bonds is 3. The number of allylic oxidation sites excluding steroid dienone is 2. The van der Waals surface area contributed by atoms with E-state index in [1.165, 1.54) is 48.2 Å². The Morgan fingerprint density at radius 3 is 2.41 bits per heavy atom. The summed E-state index contributed by atoms with van der Waals surface area (Å²) in [4.78, 5) is 4.60. The van der Waals surface area contributed by atoms with Gasteiger partial charge >= 0.3 is 0 Å². The quantitative estimate of drug-likeness (QED) is 0.668. The minimum absolute atomic E-state index is 0.210. The molecule has 0 spiro atoms. The van der Waals surface area contributed by atoms with Crippen molar-refractivity contribution in [3.05, 3.63) is 89.3 Å². The summed E-state index contributed by atoms with van der Waals surface area (Å²) in [7, 11) is 0. The molecule has 0 N–H and O–H groups in total. The molecule has 2 aromatic rings. The minimum atomic E-state index is -0.452. The summed E-state index contributed by atoms with van der Waals surface area (Å²) in [5.74, 6) is 0.557. The molecule has 0 saturated heterocycles. The fraction of sp³-hybridized carbons (Fsp3) is 0.360. The predicted octanol–water partition coefficient (Wildman–Crippen LogP) is 5.96. The van der Waals surface area contributed by atoms with Gasteiger partial charge in [-0.15, -0.1) is 0 Å². The van der Waals surface area contributed by atoms with E-state index in [0.29, 0.717) is 5.92 Å². The zero-order valence-electron chi connectivity index (χ0n) is 17.2. The van der Waals surface area contributed by atoms with Gasteiger partial charge in [0.2, 0.25) is 0 Å². The summed E-state index contributed by atoms with van der Waals surface area (Å²) in [6, 6.07) is 19.3. The lowest BCUT2D eigenvalue weighted by molar-refractivity contribution is 0.136. The molecule has 27 heavy (non-hydrogen) atoms. The number of nitrogens with zero attached hydrogens (tertiary/aromatic N) is 2. The van der Waals surface area contributed by atoms with Crippen molar-refractivity contribution in [2.75, 3.05) is 11.5 Å². The Morgan fingerprint density at radius 2 is 1.67 bits per heavy atom. The zero-order chi connectivity index (χ0) is 19.3. The zero-order valence-corrected chi connectivity index (χ0v) is 16.2. The van der Waals surface area contributed by atoms with Crippen molar-refractivity contribution in [1.29, 1.82) is 0 Å². The summed E-state index contributed by atoms with van der Waals surface area (Å²) in [6.07, 6.45) is 9.74. The lowest BCUT2D eigenvalue weighted by atomic mass is 9.76. The third-order valence-corrected chi connectivity index (χ3v) is 6.71. The highest BCUT2D eigenvalue weighted by atomic mass is 15.4. The van der Waals surface area contributed by atoms with Gasteiger partial charge in [-0.2, -0.15) is 0 Å². The number of anilines is 1. The summed E-state index contributed by atoms with van der Waals surface area (Å²) < 4.78 is 9.32. The first-order valence-corrected chi connectivity index (χ1v) is 10.2. The fourth-order valence-electron chi connectivity index (χ4n) is 5.30. The standard InChI is InChI=1S/C25H28N2/c1-19-10-6-9-15-23(19)26-18-27-24(20(26)2)16-17-25(27,22-13-7-8-14-22)21-11-4-3-5-12-21/h3-6,9-12,15-17,22H,7-8,13-14,18H2,1-2H3/i18D. The Labute approximate surface area is 164 Å². The Hall–Kier alpha value is -2.48. The monoisotopic (exact) mass is 357 g/mol. The molecule has 2 aromatic carbocycles. The van der Waals surface area contributed by atoms with Gasteiger partial charge in [0.1, 0.15) is 0 Å². The molecule has 2 aliphatic heterocycles. The van der Waals surface area contributed by atoms with Crippen LogP contribution in [0.5, 0.6) is 0 Å². The highest BCUT2D eigenvalue weighted by Crippen LogP contribution is 2.53. The van der Waals surface area contributed by atoms with Crippen molar-refractivity contribution in [3.63, 3.8) is 0 Å². The van der Waals surface area contributed by atoms with E-state index in [9.17, 15) is 1.37 Å². The van der Waals surface area contributed by atoms with E-state index >= 15 is 0 Å². The van der Waals surface area contributed by atoms with E-state index in [4.69, 9.17) is 0 Å². The summed E-state index contributed by atoms with van der Waals surface area (Å²) in [5.41, 5.74) is 5.86. The molecule has 2 heterocycles. The van der Waals surface area contributed by atoms with Crippen LogP contribution in [0, 0.1) is 12.8 Å². The molecule has 0 bridgehead atoms. The van der Waals surface area contributed by atoms with E-state index in [-0.39, 0.29) is 5.54 Å². The Morgan fingerprint density at radius 1 is 0.963 bits per heavy atom. The first-order chi connectivity index (χ1) is 13.6. The largest absolute Gasteiger partial charge is 0.338 e. The van der Waals surface area contributed by atoms with Crippen LogP contribution in [0.25, 0.3) is 0 Å². The number of benzene rings is 2. The van der Waals surface area contributed by atoms with Crippen LogP contribution >= 0.6 is 0 Å². The fourth-order valence-corrected chi connectivity index (χ4v) is 5.30. The molecule has 5 rings (SSSR count). The molecule has 2 unspecified atom stereocenters. The summed E-state index contributed by atoms with van der Waals surface area (Å²) in [5, 5.41) is 0. The van der Waals surface area contributed by atoms with Gasteiger partial charge in [-0.25, -0.2) is 0 Å². The van der Waals surface area contributed by atoms with Crippen LogP contribution in [0.3, 0.4) is 0 Å². The SMILES string of the molecule is [2H]C1N(c2ccccc2C)C(C)=C2C=CC(c3ccccc3)(C3CCCC3)N21. The van der Waals surface area contributed by atoms with E-state index in [0.717, 1.165) is 5.69 Å². The summed E-state index contributed by atoms with van der Waals surface area (Å²) in [6.45, 7) is 3.86. The number of para-hydroxylation sites is 1. The molecule has 2 atom stereocenters. The highest BCUT2D eigenvalue weighted by Gasteiger charge is 2.50. The van der Waals surface area contributed by atoms with E-state index in [1.807, 2.05) is 0 Å². The molecule has 3 aliphatic rings. The van der Waals surface area contributed by atoms with Gasteiger partial charge in [-0.1, -0.05) is 67.4 Å². The first kappa shape index (κ1) is 15.6. The topological polar surface area (TPSA) is 6.48 Å². The Bertz CT molecular complexity index is 942. The van der Waals surface area contributed by atoms with Gasteiger partial charge in [0.25, 0.3) is 0 Å². The van der Waals surface area contributed by atoms with Crippen molar-refractivity contribution in [2.45, 2.75) is 45.1 Å². The van der Waals surface area contributed by atoms with Crippen LogP contribution in [0.4, 0.5) is 5.69 Å². The van der Waals surface area contributed by atoms with Gasteiger partial charge in [-0.05, 0) is 55.9 Å². The van der Waals surface area contributed by atoms with Gasteiger partial charge in [0.15, 0.2) is 0 Å². The molecule has 1 fully saturated rings.